The van der Waals surface area contributed by atoms with Gasteiger partial charge in [0.25, 0.3) is 0 Å². The summed E-state index contributed by atoms with van der Waals surface area (Å²) in [6, 6.07) is 9.20. The van der Waals surface area contributed by atoms with Crippen LogP contribution in [-0.2, 0) is 14.2 Å². The molecule has 5 nitrogen and oxygen atoms in total. The minimum atomic E-state index is 0.569. The molecule has 0 aliphatic rings. The number of hydrogen-bond donors (Lipinski definition) is 0. The molecule has 0 fully saturated rings. The molecule has 0 N–H and O–H groups in total. The first-order valence-corrected chi connectivity index (χ1v) is 6.64. The standard InChI is InChI=1S/C15H21NO4/c1-17-8-9-19-11-10-18-6-3-7-20-15-5-2-4-14(12-15)13-16/h2,4-5,12H,3,6-11H2,1H3. The van der Waals surface area contributed by atoms with E-state index in [0.29, 0.717) is 51.0 Å². The molecule has 0 saturated carbocycles. The number of hydrogen-bond acceptors (Lipinski definition) is 5. The van der Waals surface area contributed by atoms with Gasteiger partial charge < -0.3 is 18.9 Å². The molecular weight excluding hydrogens is 258 g/mol. The highest BCUT2D eigenvalue weighted by atomic mass is 16.5. The van der Waals surface area contributed by atoms with Crippen molar-refractivity contribution in [3.8, 4) is 11.8 Å². The molecule has 1 aromatic carbocycles. The molecule has 0 aliphatic carbocycles. The summed E-state index contributed by atoms with van der Waals surface area (Å²) in [5.74, 6) is 0.715. The molecular formula is C15H21NO4. The first kappa shape index (κ1) is 16.4. The van der Waals surface area contributed by atoms with Crippen LogP contribution in [0.3, 0.4) is 0 Å². The number of benzene rings is 1. The van der Waals surface area contributed by atoms with Crippen LogP contribution in [0, 0.1) is 11.3 Å². The smallest absolute Gasteiger partial charge is 0.120 e. The predicted molar refractivity (Wildman–Crippen MR) is 74.8 cm³/mol. The molecule has 0 saturated heterocycles. The highest BCUT2D eigenvalue weighted by Gasteiger charge is 1.96. The summed E-state index contributed by atoms with van der Waals surface area (Å²) in [4.78, 5) is 0. The van der Waals surface area contributed by atoms with E-state index in [1.165, 1.54) is 0 Å². The van der Waals surface area contributed by atoms with Crippen LogP contribution in [0.5, 0.6) is 5.75 Å². The topological polar surface area (TPSA) is 60.7 Å². The quantitative estimate of drug-likeness (QED) is 0.580. The lowest BCUT2D eigenvalue weighted by Gasteiger charge is -2.07. The van der Waals surface area contributed by atoms with E-state index < -0.39 is 0 Å². The van der Waals surface area contributed by atoms with Crippen LogP contribution >= 0.6 is 0 Å². The van der Waals surface area contributed by atoms with Gasteiger partial charge in [-0.15, -0.1) is 0 Å². The van der Waals surface area contributed by atoms with Crippen LogP contribution in [0.4, 0.5) is 0 Å². The Hall–Kier alpha value is -1.61. The lowest BCUT2D eigenvalue weighted by atomic mass is 10.2. The van der Waals surface area contributed by atoms with Crippen molar-refractivity contribution in [2.45, 2.75) is 6.42 Å². The zero-order valence-electron chi connectivity index (χ0n) is 11.8. The van der Waals surface area contributed by atoms with E-state index in [2.05, 4.69) is 6.07 Å². The number of ether oxygens (including phenoxy) is 4. The normalized spacial score (nSPS) is 10.2. The Labute approximate surface area is 120 Å². The fourth-order valence-electron chi connectivity index (χ4n) is 1.47. The molecule has 0 amide bonds. The number of nitriles is 1. The number of nitrogens with zero attached hydrogens (tertiary/aromatic N) is 1. The number of methoxy groups -OCH3 is 1. The molecule has 20 heavy (non-hydrogen) atoms. The van der Waals surface area contributed by atoms with Gasteiger partial charge in [-0.3, -0.25) is 0 Å². The third-order valence-corrected chi connectivity index (χ3v) is 2.47. The van der Waals surface area contributed by atoms with E-state index in [9.17, 15) is 0 Å². The van der Waals surface area contributed by atoms with E-state index in [-0.39, 0.29) is 0 Å². The first-order valence-electron chi connectivity index (χ1n) is 6.64. The maximum atomic E-state index is 8.76. The summed E-state index contributed by atoms with van der Waals surface area (Å²) in [6.45, 7) is 3.56. The van der Waals surface area contributed by atoms with Gasteiger partial charge in [-0.1, -0.05) is 6.07 Å². The second kappa shape index (κ2) is 11.2. The van der Waals surface area contributed by atoms with Crippen molar-refractivity contribution >= 4 is 0 Å². The monoisotopic (exact) mass is 279 g/mol. The van der Waals surface area contributed by atoms with Crippen LogP contribution in [0.25, 0.3) is 0 Å². The highest BCUT2D eigenvalue weighted by molar-refractivity contribution is 5.36. The third-order valence-electron chi connectivity index (χ3n) is 2.47. The van der Waals surface area contributed by atoms with Crippen molar-refractivity contribution in [2.24, 2.45) is 0 Å². The molecule has 0 atom stereocenters. The Morgan fingerprint density at radius 3 is 2.50 bits per heavy atom. The van der Waals surface area contributed by atoms with Gasteiger partial charge in [0.15, 0.2) is 0 Å². The third kappa shape index (κ3) is 7.74. The summed E-state index contributed by atoms with van der Waals surface area (Å²) < 4.78 is 21.0. The Bertz CT molecular complexity index is 403. The van der Waals surface area contributed by atoms with E-state index in [1.54, 1.807) is 19.2 Å². The van der Waals surface area contributed by atoms with Crippen LogP contribution in [0.15, 0.2) is 24.3 Å². The summed E-state index contributed by atoms with van der Waals surface area (Å²) in [5, 5.41) is 8.76. The Kier molecular flexibility index (Phi) is 9.24. The van der Waals surface area contributed by atoms with Gasteiger partial charge in [0.1, 0.15) is 5.75 Å². The van der Waals surface area contributed by atoms with Crippen molar-refractivity contribution in [1.82, 2.24) is 0 Å². The van der Waals surface area contributed by atoms with Crippen LogP contribution < -0.4 is 4.74 Å². The van der Waals surface area contributed by atoms with Crippen molar-refractivity contribution in [1.29, 1.82) is 5.26 Å². The molecule has 0 bridgehead atoms. The van der Waals surface area contributed by atoms with Gasteiger partial charge in [0, 0.05) is 20.1 Å². The van der Waals surface area contributed by atoms with E-state index in [4.69, 9.17) is 24.2 Å². The molecule has 1 aromatic rings. The summed E-state index contributed by atoms with van der Waals surface area (Å²) in [5.41, 5.74) is 0.604. The van der Waals surface area contributed by atoms with Gasteiger partial charge in [0.05, 0.1) is 44.7 Å². The SMILES string of the molecule is COCCOCCOCCCOc1cccc(C#N)c1. The molecule has 0 unspecified atom stereocenters. The van der Waals surface area contributed by atoms with Crippen LogP contribution in [0.1, 0.15) is 12.0 Å². The van der Waals surface area contributed by atoms with Crippen molar-refractivity contribution in [3.63, 3.8) is 0 Å². The second-order valence-electron chi connectivity index (χ2n) is 4.06. The van der Waals surface area contributed by atoms with Crippen LogP contribution in [0.2, 0.25) is 0 Å². The lowest BCUT2D eigenvalue weighted by Crippen LogP contribution is -2.10. The molecule has 0 aliphatic heterocycles. The molecule has 5 heteroatoms. The maximum absolute atomic E-state index is 8.76. The maximum Gasteiger partial charge on any atom is 0.120 e. The average Bonchev–Trinajstić information content (AvgIpc) is 2.49. The Morgan fingerprint density at radius 2 is 1.75 bits per heavy atom. The van der Waals surface area contributed by atoms with Crippen molar-refractivity contribution in [3.05, 3.63) is 29.8 Å². The molecule has 0 spiro atoms. The van der Waals surface area contributed by atoms with Gasteiger partial charge in [0.2, 0.25) is 0 Å². The fourth-order valence-corrected chi connectivity index (χ4v) is 1.47. The minimum absolute atomic E-state index is 0.569. The average molecular weight is 279 g/mol. The summed E-state index contributed by atoms with van der Waals surface area (Å²) >= 11 is 0. The Balaban J connectivity index is 1.95. The molecule has 110 valence electrons. The van der Waals surface area contributed by atoms with Gasteiger partial charge in [-0.25, -0.2) is 0 Å². The van der Waals surface area contributed by atoms with E-state index in [1.807, 2.05) is 12.1 Å². The van der Waals surface area contributed by atoms with Gasteiger partial charge in [-0.2, -0.15) is 5.26 Å². The predicted octanol–water partition coefficient (Wildman–Crippen LogP) is 2.01. The fraction of sp³-hybridized carbons (Fsp3) is 0.533. The molecule has 1 rings (SSSR count). The largest absolute Gasteiger partial charge is 0.493 e. The van der Waals surface area contributed by atoms with Crippen molar-refractivity contribution < 1.29 is 18.9 Å². The van der Waals surface area contributed by atoms with E-state index in [0.717, 1.165) is 6.42 Å². The summed E-state index contributed by atoms with van der Waals surface area (Å²) in [6.07, 6.45) is 0.800. The Morgan fingerprint density at radius 1 is 1.00 bits per heavy atom. The molecule has 0 aromatic heterocycles. The minimum Gasteiger partial charge on any atom is -0.493 e. The zero-order valence-corrected chi connectivity index (χ0v) is 11.8. The second-order valence-corrected chi connectivity index (χ2v) is 4.06. The van der Waals surface area contributed by atoms with Crippen molar-refractivity contribution in [2.75, 3.05) is 46.8 Å². The lowest BCUT2D eigenvalue weighted by molar-refractivity contribution is 0.0224. The number of rotatable bonds is 11. The van der Waals surface area contributed by atoms with Gasteiger partial charge in [-0.05, 0) is 18.2 Å². The van der Waals surface area contributed by atoms with E-state index >= 15 is 0 Å². The molecule has 0 heterocycles. The summed E-state index contributed by atoms with van der Waals surface area (Å²) in [7, 11) is 1.65. The molecule has 0 radical (unpaired) electrons. The highest BCUT2D eigenvalue weighted by Crippen LogP contribution is 2.12. The van der Waals surface area contributed by atoms with Gasteiger partial charge >= 0.3 is 0 Å². The first-order chi connectivity index (χ1) is 9.86. The zero-order chi connectivity index (χ0) is 14.5. The van der Waals surface area contributed by atoms with Crippen LogP contribution in [-0.4, -0.2) is 46.8 Å².